The number of halogens is 2. The van der Waals surface area contributed by atoms with Gasteiger partial charge in [-0.15, -0.1) is 5.10 Å². The summed E-state index contributed by atoms with van der Waals surface area (Å²) in [6.07, 6.45) is 2.86. The van der Waals surface area contributed by atoms with Crippen LogP contribution in [0.25, 0.3) is 5.65 Å². The first-order valence-corrected chi connectivity index (χ1v) is 8.27. The largest absolute Gasteiger partial charge is 0.352 e. The molecule has 1 atom stereocenters. The van der Waals surface area contributed by atoms with Crippen LogP contribution in [0.2, 0.25) is 0 Å². The van der Waals surface area contributed by atoms with Crippen LogP contribution in [-0.4, -0.2) is 44.8 Å². The number of amides is 1. The van der Waals surface area contributed by atoms with E-state index in [1.165, 1.54) is 22.8 Å². The molecule has 7 nitrogen and oxygen atoms in total. The number of carbonyl (C=O) groups is 1. The van der Waals surface area contributed by atoms with Gasteiger partial charge in [-0.3, -0.25) is 4.79 Å². The van der Waals surface area contributed by atoms with E-state index in [1.54, 1.807) is 12.1 Å². The Hall–Kier alpha value is -3.10. The lowest BCUT2D eigenvalue weighted by Crippen LogP contribution is -2.37. The lowest BCUT2D eigenvalue weighted by atomic mass is 10.1. The van der Waals surface area contributed by atoms with Gasteiger partial charge in [-0.1, -0.05) is 0 Å². The van der Waals surface area contributed by atoms with Crippen LogP contribution in [0.3, 0.4) is 0 Å². The van der Waals surface area contributed by atoms with Gasteiger partial charge in [0.1, 0.15) is 23.6 Å². The molecule has 0 bridgehead atoms. The number of fused-ring (bicyclic) bond motifs is 1. The van der Waals surface area contributed by atoms with Crippen LogP contribution in [0.4, 0.5) is 20.4 Å². The zero-order valence-electron chi connectivity index (χ0n) is 13.8. The number of hydrogen-bond acceptors (Lipinski definition) is 5. The highest BCUT2D eigenvalue weighted by Gasteiger charge is 2.21. The first-order valence-electron chi connectivity index (χ1n) is 8.27. The van der Waals surface area contributed by atoms with Gasteiger partial charge in [-0.25, -0.2) is 23.3 Å². The van der Waals surface area contributed by atoms with E-state index in [2.05, 4.69) is 20.4 Å². The van der Waals surface area contributed by atoms with Crippen molar-refractivity contribution < 1.29 is 13.6 Å². The summed E-state index contributed by atoms with van der Waals surface area (Å²) < 4.78 is 28.0. The molecule has 4 heterocycles. The zero-order chi connectivity index (χ0) is 18.1. The number of carbonyl (C=O) groups excluding carboxylic acids is 1. The number of alkyl halides is 1. The van der Waals surface area contributed by atoms with Crippen molar-refractivity contribution in [3.63, 3.8) is 0 Å². The molecule has 4 rings (SSSR count). The van der Waals surface area contributed by atoms with Crippen LogP contribution in [0.5, 0.6) is 0 Å². The molecule has 1 aliphatic rings. The Kier molecular flexibility index (Phi) is 4.19. The van der Waals surface area contributed by atoms with Gasteiger partial charge in [0.25, 0.3) is 5.91 Å². The SMILES string of the molecule is O=C(Nc1ccc(F)cn1)c1cnc2ccc(N3CCCC(F)C3)nn12. The molecule has 9 heteroatoms. The number of pyridine rings is 1. The molecule has 1 N–H and O–H groups in total. The van der Waals surface area contributed by atoms with Crippen molar-refractivity contribution in [2.24, 2.45) is 0 Å². The van der Waals surface area contributed by atoms with Gasteiger partial charge in [0.05, 0.1) is 18.9 Å². The topological polar surface area (TPSA) is 75.4 Å². The molecule has 0 radical (unpaired) electrons. The summed E-state index contributed by atoms with van der Waals surface area (Å²) in [7, 11) is 0. The average molecular weight is 358 g/mol. The van der Waals surface area contributed by atoms with E-state index in [0.717, 1.165) is 12.6 Å². The number of hydrogen-bond donors (Lipinski definition) is 1. The van der Waals surface area contributed by atoms with Gasteiger partial charge in [-0.05, 0) is 37.1 Å². The summed E-state index contributed by atoms with van der Waals surface area (Å²) >= 11 is 0. The van der Waals surface area contributed by atoms with Crippen molar-refractivity contribution in [1.29, 1.82) is 0 Å². The Bertz CT molecular complexity index is 942. The molecule has 1 saturated heterocycles. The summed E-state index contributed by atoms with van der Waals surface area (Å²) in [5, 5.41) is 7.02. The second-order valence-electron chi connectivity index (χ2n) is 6.11. The first kappa shape index (κ1) is 16.4. The number of aromatic nitrogens is 4. The van der Waals surface area contributed by atoms with E-state index in [1.807, 2.05) is 4.90 Å². The van der Waals surface area contributed by atoms with Crippen molar-refractivity contribution in [3.8, 4) is 0 Å². The Labute approximate surface area is 147 Å². The van der Waals surface area contributed by atoms with Crippen molar-refractivity contribution in [2.75, 3.05) is 23.3 Å². The quantitative estimate of drug-likeness (QED) is 0.778. The van der Waals surface area contributed by atoms with Crippen LogP contribution in [0.15, 0.2) is 36.7 Å². The number of imidazole rings is 1. The molecule has 3 aromatic heterocycles. The fourth-order valence-electron chi connectivity index (χ4n) is 2.95. The summed E-state index contributed by atoms with van der Waals surface area (Å²) in [6.45, 7) is 1.00. The molecule has 3 aromatic rings. The molecule has 0 spiro atoms. The van der Waals surface area contributed by atoms with Crippen molar-refractivity contribution in [3.05, 3.63) is 48.2 Å². The molecule has 26 heavy (non-hydrogen) atoms. The van der Waals surface area contributed by atoms with Crippen LogP contribution in [0.1, 0.15) is 23.3 Å². The maximum absolute atomic E-state index is 13.7. The zero-order valence-corrected chi connectivity index (χ0v) is 13.8. The third-order valence-corrected chi connectivity index (χ3v) is 4.24. The second kappa shape index (κ2) is 6.66. The maximum Gasteiger partial charge on any atom is 0.277 e. The average Bonchev–Trinajstić information content (AvgIpc) is 3.07. The van der Waals surface area contributed by atoms with E-state index in [9.17, 15) is 13.6 Å². The number of piperidine rings is 1. The van der Waals surface area contributed by atoms with E-state index in [0.29, 0.717) is 24.4 Å². The van der Waals surface area contributed by atoms with E-state index in [4.69, 9.17) is 0 Å². The summed E-state index contributed by atoms with van der Waals surface area (Å²) in [5.41, 5.74) is 0.710. The Morgan fingerprint density at radius 3 is 2.85 bits per heavy atom. The summed E-state index contributed by atoms with van der Waals surface area (Å²) in [5.74, 6) is -0.148. The normalized spacial score (nSPS) is 17.5. The highest BCUT2D eigenvalue weighted by Crippen LogP contribution is 2.20. The van der Waals surface area contributed by atoms with Gasteiger partial charge < -0.3 is 10.2 Å². The molecular formula is C17H16F2N6O. The smallest absolute Gasteiger partial charge is 0.277 e. The monoisotopic (exact) mass is 358 g/mol. The summed E-state index contributed by atoms with van der Waals surface area (Å²) in [6, 6.07) is 6.07. The Morgan fingerprint density at radius 2 is 2.08 bits per heavy atom. The van der Waals surface area contributed by atoms with E-state index < -0.39 is 17.9 Å². The minimum Gasteiger partial charge on any atom is -0.352 e. The number of anilines is 2. The van der Waals surface area contributed by atoms with E-state index in [-0.39, 0.29) is 18.1 Å². The van der Waals surface area contributed by atoms with Crippen LogP contribution in [0, 0.1) is 5.82 Å². The Morgan fingerprint density at radius 1 is 1.19 bits per heavy atom. The molecule has 134 valence electrons. The molecule has 1 aliphatic heterocycles. The molecule has 1 fully saturated rings. The molecule has 1 unspecified atom stereocenters. The van der Waals surface area contributed by atoms with Crippen LogP contribution < -0.4 is 10.2 Å². The first-order chi connectivity index (χ1) is 12.6. The molecule has 1 amide bonds. The minimum atomic E-state index is -0.878. The van der Waals surface area contributed by atoms with Gasteiger partial charge in [0.15, 0.2) is 11.3 Å². The third kappa shape index (κ3) is 3.19. The maximum atomic E-state index is 13.7. The number of nitrogens with one attached hydrogen (secondary N) is 1. The summed E-state index contributed by atoms with van der Waals surface area (Å²) in [4.78, 5) is 22.3. The van der Waals surface area contributed by atoms with Crippen molar-refractivity contribution in [2.45, 2.75) is 19.0 Å². The van der Waals surface area contributed by atoms with Crippen LogP contribution in [-0.2, 0) is 0 Å². The van der Waals surface area contributed by atoms with Gasteiger partial charge in [-0.2, -0.15) is 0 Å². The number of rotatable bonds is 3. The molecule has 0 aromatic carbocycles. The minimum absolute atomic E-state index is 0.210. The van der Waals surface area contributed by atoms with E-state index >= 15 is 0 Å². The molecular weight excluding hydrogens is 342 g/mol. The van der Waals surface area contributed by atoms with Gasteiger partial charge in [0, 0.05) is 6.54 Å². The molecule has 0 aliphatic carbocycles. The number of nitrogens with zero attached hydrogens (tertiary/aromatic N) is 5. The van der Waals surface area contributed by atoms with Gasteiger partial charge >= 0.3 is 0 Å². The van der Waals surface area contributed by atoms with Crippen LogP contribution >= 0.6 is 0 Å². The predicted octanol–water partition coefficient (Wildman–Crippen LogP) is 2.45. The van der Waals surface area contributed by atoms with Gasteiger partial charge in [0.2, 0.25) is 0 Å². The lowest BCUT2D eigenvalue weighted by molar-refractivity contribution is 0.102. The predicted molar refractivity (Wildman–Crippen MR) is 91.5 cm³/mol. The molecule has 0 saturated carbocycles. The lowest BCUT2D eigenvalue weighted by Gasteiger charge is -2.29. The third-order valence-electron chi connectivity index (χ3n) is 4.24. The van der Waals surface area contributed by atoms with Crippen molar-refractivity contribution in [1.82, 2.24) is 19.6 Å². The fourth-order valence-corrected chi connectivity index (χ4v) is 2.95. The fraction of sp³-hybridized carbons (Fsp3) is 0.294. The Balaban J connectivity index is 1.61. The standard InChI is InChI=1S/C17H16F2N6O/c18-11-3-4-14(20-8-11)22-17(26)13-9-21-15-5-6-16(23-25(13)15)24-7-1-2-12(19)10-24/h3-6,8-9,12H,1-2,7,10H2,(H,20,22,26). The highest BCUT2D eigenvalue weighted by molar-refractivity contribution is 6.02. The highest BCUT2D eigenvalue weighted by atomic mass is 19.1. The second-order valence-corrected chi connectivity index (χ2v) is 6.11. The van der Waals surface area contributed by atoms with Crippen molar-refractivity contribution >= 4 is 23.2 Å².